The fraction of sp³-hybridized carbons (Fsp3) is 0.286. The Morgan fingerprint density at radius 3 is 2.63 bits per heavy atom. The number of hydrogen-bond acceptors (Lipinski definition) is 3. The second-order valence-corrected chi connectivity index (χ2v) is 7.43. The molecule has 30 heavy (non-hydrogen) atoms. The molecule has 9 heteroatoms. The van der Waals surface area contributed by atoms with Gasteiger partial charge >= 0.3 is 6.18 Å². The Bertz CT molecular complexity index is 1120. The number of halogens is 4. The van der Waals surface area contributed by atoms with Crippen LogP contribution in [0, 0.1) is 5.82 Å². The average Bonchev–Trinajstić information content (AvgIpc) is 3.23. The molecule has 0 aliphatic carbocycles. The van der Waals surface area contributed by atoms with Crippen LogP contribution in [-0.4, -0.2) is 20.7 Å². The summed E-state index contributed by atoms with van der Waals surface area (Å²) >= 11 is 0. The molecule has 0 saturated heterocycles. The monoisotopic (exact) mass is 418 g/mol. The lowest BCUT2D eigenvalue weighted by molar-refractivity contribution is -0.138. The van der Waals surface area contributed by atoms with E-state index in [0.717, 1.165) is 12.1 Å². The van der Waals surface area contributed by atoms with Crippen molar-refractivity contribution in [1.82, 2.24) is 14.8 Å². The van der Waals surface area contributed by atoms with E-state index < -0.39 is 23.5 Å². The van der Waals surface area contributed by atoms with E-state index in [1.54, 1.807) is 24.0 Å². The Hall–Kier alpha value is -3.23. The highest BCUT2D eigenvalue weighted by Gasteiger charge is 2.39. The van der Waals surface area contributed by atoms with E-state index in [4.69, 9.17) is 0 Å². The van der Waals surface area contributed by atoms with Gasteiger partial charge in [0.25, 0.3) is 5.91 Å². The van der Waals surface area contributed by atoms with Gasteiger partial charge in [0.15, 0.2) is 0 Å². The third kappa shape index (κ3) is 3.55. The van der Waals surface area contributed by atoms with Crippen LogP contribution in [0.25, 0.3) is 0 Å². The molecule has 5 nitrogen and oxygen atoms in total. The van der Waals surface area contributed by atoms with E-state index in [0.29, 0.717) is 17.8 Å². The Morgan fingerprint density at radius 2 is 1.97 bits per heavy atom. The molecule has 0 saturated carbocycles. The molecular weight excluding hydrogens is 400 g/mol. The minimum atomic E-state index is -4.57. The quantitative estimate of drug-likeness (QED) is 0.587. The molecule has 0 fully saturated rings. The number of carbonyl (C=O) groups is 1. The summed E-state index contributed by atoms with van der Waals surface area (Å²) < 4.78 is 56.2. The number of amides is 1. The van der Waals surface area contributed by atoms with Crippen LogP contribution in [-0.2, 0) is 26.2 Å². The second kappa shape index (κ2) is 7.23. The van der Waals surface area contributed by atoms with Crippen LogP contribution in [0.1, 0.15) is 45.7 Å². The van der Waals surface area contributed by atoms with Gasteiger partial charge in [0.1, 0.15) is 18.0 Å². The van der Waals surface area contributed by atoms with E-state index in [9.17, 15) is 22.4 Å². The maximum absolute atomic E-state index is 14.4. The highest BCUT2D eigenvalue weighted by Crippen LogP contribution is 2.39. The number of aryl methyl sites for hydroxylation is 1. The van der Waals surface area contributed by atoms with Crippen LogP contribution >= 0.6 is 0 Å². The zero-order chi connectivity index (χ0) is 21.6. The van der Waals surface area contributed by atoms with Gasteiger partial charge in [-0.15, -0.1) is 10.2 Å². The number of hydrogen-bond donors (Lipinski definition) is 0. The lowest BCUT2D eigenvalue weighted by atomic mass is 9.96. The molecule has 4 rings (SSSR count). The zero-order valence-electron chi connectivity index (χ0n) is 16.2. The van der Waals surface area contributed by atoms with Crippen LogP contribution in [0.4, 0.5) is 23.2 Å². The van der Waals surface area contributed by atoms with Crippen molar-refractivity contribution in [3.63, 3.8) is 0 Å². The van der Waals surface area contributed by atoms with Gasteiger partial charge in [0, 0.05) is 24.7 Å². The van der Waals surface area contributed by atoms with Gasteiger partial charge in [-0.25, -0.2) is 4.39 Å². The summed E-state index contributed by atoms with van der Waals surface area (Å²) in [6.45, 7) is 1.62. The SMILES string of the molecule is CC(Cc1nncn1C)c1cc(F)cc(N2Cc3c(cccc3C(F)(F)F)C2=O)c1. The maximum atomic E-state index is 14.4. The van der Waals surface area contributed by atoms with Gasteiger partial charge in [-0.3, -0.25) is 4.79 Å². The standard InChI is InChI=1S/C21H18F4N4O/c1-12(6-19-27-26-11-28(19)2)13-7-14(22)9-15(8-13)29-10-17-16(20(29)30)4-3-5-18(17)21(23,24)25/h3-5,7-9,11-12H,6,10H2,1-2H3. The largest absolute Gasteiger partial charge is 0.416 e. The Balaban J connectivity index is 1.67. The predicted octanol–water partition coefficient (Wildman–Crippen LogP) is 4.48. The summed E-state index contributed by atoms with van der Waals surface area (Å²) in [5, 5.41) is 7.85. The van der Waals surface area contributed by atoms with Crippen LogP contribution in [0.5, 0.6) is 0 Å². The topological polar surface area (TPSA) is 51.0 Å². The molecule has 0 radical (unpaired) electrons. The molecule has 156 valence electrons. The first kappa shape index (κ1) is 20.1. The van der Waals surface area contributed by atoms with E-state index in [2.05, 4.69) is 10.2 Å². The van der Waals surface area contributed by atoms with Crippen LogP contribution in [0.3, 0.4) is 0 Å². The molecule has 1 atom stereocenters. The summed E-state index contributed by atoms with van der Waals surface area (Å²) in [5.74, 6) is -0.568. The second-order valence-electron chi connectivity index (χ2n) is 7.43. The van der Waals surface area contributed by atoms with Crippen molar-refractivity contribution in [2.45, 2.75) is 32.0 Å². The van der Waals surface area contributed by atoms with Crippen LogP contribution < -0.4 is 4.90 Å². The summed E-state index contributed by atoms with van der Waals surface area (Å²) in [4.78, 5) is 14.0. The van der Waals surface area contributed by atoms with E-state index in [1.165, 1.54) is 23.1 Å². The summed E-state index contributed by atoms with van der Waals surface area (Å²) in [6.07, 6.45) is -2.51. The average molecular weight is 418 g/mol. The first-order chi connectivity index (χ1) is 14.1. The molecule has 1 aliphatic rings. The summed E-state index contributed by atoms with van der Waals surface area (Å²) in [6, 6.07) is 7.69. The third-order valence-corrected chi connectivity index (χ3v) is 5.35. The van der Waals surface area contributed by atoms with Crippen LogP contribution in [0.15, 0.2) is 42.7 Å². The van der Waals surface area contributed by atoms with Gasteiger partial charge in [0.05, 0.1) is 12.1 Å². The van der Waals surface area contributed by atoms with Gasteiger partial charge in [-0.05, 0) is 47.4 Å². The number of rotatable bonds is 4. The minimum Gasteiger partial charge on any atom is -0.321 e. The molecule has 2 heterocycles. The Morgan fingerprint density at radius 1 is 1.20 bits per heavy atom. The maximum Gasteiger partial charge on any atom is 0.416 e. The molecule has 2 aromatic carbocycles. The van der Waals surface area contributed by atoms with Gasteiger partial charge in [-0.2, -0.15) is 13.2 Å². The normalized spacial score (nSPS) is 14.9. The highest BCUT2D eigenvalue weighted by atomic mass is 19.4. The van der Waals surface area contributed by atoms with Gasteiger partial charge in [-0.1, -0.05) is 13.0 Å². The molecule has 1 aliphatic heterocycles. The van der Waals surface area contributed by atoms with Crippen molar-refractivity contribution in [2.24, 2.45) is 7.05 Å². The molecule has 1 amide bonds. The highest BCUT2D eigenvalue weighted by molar-refractivity contribution is 6.10. The molecule has 0 spiro atoms. The first-order valence-corrected chi connectivity index (χ1v) is 9.29. The Labute approximate surface area is 170 Å². The smallest absolute Gasteiger partial charge is 0.321 e. The van der Waals surface area contributed by atoms with E-state index in [-0.39, 0.29) is 29.3 Å². The zero-order valence-corrected chi connectivity index (χ0v) is 16.2. The number of aromatic nitrogens is 3. The van der Waals surface area contributed by atoms with Crippen molar-refractivity contribution < 1.29 is 22.4 Å². The molecule has 0 N–H and O–H groups in total. The molecule has 0 bridgehead atoms. The molecule has 1 aromatic heterocycles. The predicted molar refractivity (Wildman–Crippen MR) is 101 cm³/mol. The van der Waals surface area contributed by atoms with Crippen molar-refractivity contribution in [2.75, 3.05) is 4.90 Å². The van der Waals surface area contributed by atoms with E-state index in [1.807, 2.05) is 6.92 Å². The number of carbonyl (C=O) groups excluding carboxylic acids is 1. The summed E-state index contributed by atoms with van der Waals surface area (Å²) in [5.41, 5.74) is -0.101. The van der Waals surface area contributed by atoms with Crippen molar-refractivity contribution in [1.29, 1.82) is 0 Å². The molecule has 3 aromatic rings. The van der Waals surface area contributed by atoms with Gasteiger partial charge < -0.3 is 9.47 Å². The number of benzene rings is 2. The number of fused-ring (bicyclic) bond motifs is 1. The van der Waals surface area contributed by atoms with Crippen molar-refractivity contribution in [3.05, 3.63) is 76.6 Å². The fourth-order valence-corrected chi connectivity index (χ4v) is 3.73. The number of nitrogens with zero attached hydrogens (tertiary/aromatic N) is 4. The fourth-order valence-electron chi connectivity index (χ4n) is 3.73. The molecule has 1 unspecified atom stereocenters. The van der Waals surface area contributed by atoms with Crippen molar-refractivity contribution >= 4 is 11.6 Å². The third-order valence-electron chi connectivity index (χ3n) is 5.35. The van der Waals surface area contributed by atoms with Crippen molar-refractivity contribution in [3.8, 4) is 0 Å². The Kier molecular flexibility index (Phi) is 4.83. The van der Waals surface area contributed by atoms with Crippen LogP contribution in [0.2, 0.25) is 0 Å². The minimum absolute atomic E-state index is 0.0113. The lowest BCUT2D eigenvalue weighted by Gasteiger charge is -2.19. The first-order valence-electron chi connectivity index (χ1n) is 9.29. The van der Waals surface area contributed by atoms with E-state index >= 15 is 0 Å². The molecular formula is C21H18F4N4O. The number of anilines is 1. The summed E-state index contributed by atoms with van der Waals surface area (Å²) in [7, 11) is 1.80. The lowest BCUT2D eigenvalue weighted by Crippen LogP contribution is -2.23. The number of alkyl halides is 3. The van der Waals surface area contributed by atoms with Gasteiger partial charge in [0.2, 0.25) is 0 Å².